The van der Waals surface area contributed by atoms with Crippen LogP contribution in [0.1, 0.15) is 19.8 Å². The molecule has 1 aromatic carbocycles. The summed E-state index contributed by atoms with van der Waals surface area (Å²) in [5.41, 5.74) is 0.977. The molecule has 2 N–H and O–H groups in total. The monoisotopic (exact) mass is 291 g/mol. The molecule has 0 spiro atoms. The standard InChI is InChI=1S/C15H21N3OS/c1-2-8-16-12(7-9-19)10-20-15-13-5-3-4-6-14(13)17-11-18-15/h3-6,11-12,16,19H,2,7-10H2,1H3. The van der Waals surface area contributed by atoms with Gasteiger partial charge in [0.25, 0.3) is 0 Å². The van der Waals surface area contributed by atoms with E-state index in [-0.39, 0.29) is 6.61 Å². The van der Waals surface area contributed by atoms with E-state index in [1.165, 1.54) is 0 Å². The van der Waals surface area contributed by atoms with Crippen molar-refractivity contribution in [2.75, 3.05) is 18.9 Å². The van der Waals surface area contributed by atoms with Gasteiger partial charge in [0.15, 0.2) is 0 Å². The zero-order chi connectivity index (χ0) is 14.2. The molecule has 0 bridgehead atoms. The number of hydrogen-bond donors (Lipinski definition) is 2. The molecule has 20 heavy (non-hydrogen) atoms. The first-order valence-corrected chi connectivity index (χ1v) is 8.00. The van der Waals surface area contributed by atoms with Gasteiger partial charge < -0.3 is 10.4 Å². The number of aliphatic hydroxyl groups is 1. The molecule has 108 valence electrons. The summed E-state index contributed by atoms with van der Waals surface area (Å²) < 4.78 is 0. The van der Waals surface area contributed by atoms with Crippen molar-refractivity contribution in [1.29, 1.82) is 0 Å². The highest BCUT2D eigenvalue weighted by Gasteiger charge is 2.10. The Hall–Kier alpha value is -1.17. The summed E-state index contributed by atoms with van der Waals surface area (Å²) in [4.78, 5) is 8.66. The number of nitrogens with one attached hydrogen (secondary N) is 1. The molecular weight excluding hydrogens is 270 g/mol. The molecule has 1 heterocycles. The van der Waals surface area contributed by atoms with Gasteiger partial charge in [-0.05, 0) is 25.5 Å². The van der Waals surface area contributed by atoms with Gasteiger partial charge in [-0.25, -0.2) is 9.97 Å². The van der Waals surface area contributed by atoms with Gasteiger partial charge >= 0.3 is 0 Å². The van der Waals surface area contributed by atoms with Crippen molar-refractivity contribution < 1.29 is 5.11 Å². The molecular formula is C15H21N3OS. The van der Waals surface area contributed by atoms with Crippen molar-refractivity contribution in [2.24, 2.45) is 0 Å². The van der Waals surface area contributed by atoms with E-state index in [1.807, 2.05) is 18.2 Å². The maximum atomic E-state index is 9.13. The van der Waals surface area contributed by atoms with E-state index in [2.05, 4.69) is 28.3 Å². The van der Waals surface area contributed by atoms with Crippen molar-refractivity contribution in [3.05, 3.63) is 30.6 Å². The lowest BCUT2D eigenvalue weighted by Crippen LogP contribution is -2.32. The van der Waals surface area contributed by atoms with Crippen molar-refractivity contribution >= 4 is 22.7 Å². The van der Waals surface area contributed by atoms with Crippen LogP contribution >= 0.6 is 11.8 Å². The predicted molar refractivity (Wildman–Crippen MR) is 84.0 cm³/mol. The van der Waals surface area contributed by atoms with Crippen molar-refractivity contribution in [3.8, 4) is 0 Å². The topological polar surface area (TPSA) is 58.0 Å². The number of benzene rings is 1. The van der Waals surface area contributed by atoms with E-state index in [0.29, 0.717) is 6.04 Å². The second-order valence-corrected chi connectivity index (χ2v) is 5.68. The summed E-state index contributed by atoms with van der Waals surface area (Å²) >= 11 is 1.72. The van der Waals surface area contributed by atoms with Crippen molar-refractivity contribution in [2.45, 2.75) is 30.8 Å². The first-order chi connectivity index (χ1) is 9.85. The summed E-state index contributed by atoms with van der Waals surface area (Å²) in [6.07, 6.45) is 3.49. The van der Waals surface area contributed by atoms with E-state index >= 15 is 0 Å². The van der Waals surface area contributed by atoms with Crippen LogP contribution in [0.2, 0.25) is 0 Å². The Morgan fingerprint density at radius 2 is 2.15 bits per heavy atom. The number of rotatable bonds is 8. The summed E-state index contributed by atoms with van der Waals surface area (Å²) in [7, 11) is 0. The van der Waals surface area contributed by atoms with Crippen LogP contribution in [0.5, 0.6) is 0 Å². The second kappa shape index (κ2) is 8.19. The van der Waals surface area contributed by atoms with Crippen LogP contribution in [0.3, 0.4) is 0 Å². The van der Waals surface area contributed by atoms with Crippen LogP contribution in [0, 0.1) is 0 Å². The molecule has 1 aromatic heterocycles. The van der Waals surface area contributed by atoms with Gasteiger partial charge in [0.05, 0.1) is 5.52 Å². The summed E-state index contributed by atoms with van der Waals surface area (Å²) in [5, 5.41) is 14.7. The number of aromatic nitrogens is 2. The minimum Gasteiger partial charge on any atom is -0.396 e. The summed E-state index contributed by atoms with van der Waals surface area (Å²) in [6.45, 7) is 3.34. The Kier molecular flexibility index (Phi) is 6.24. The summed E-state index contributed by atoms with van der Waals surface area (Å²) in [6, 6.07) is 8.37. The largest absolute Gasteiger partial charge is 0.396 e. The first kappa shape index (κ1) is 15.2. The molecule has 1 unspecified atom stereocenters. The Morgan fingerprint density at radius 1 is 1.30 bits per heavy atom. The lowest BCUT2D eigenvalue weighted by molar-refractivity contribution is 0.270. The average molecular weight is 291 g/mol. The quantitative estimate of drug-likeness (QED) is 0.578. The van der Waals surface area contributed by atoms with E-state index < -0.39 is 0 Å². The van der Waals surface area contributed by atoms with E-state index in [4.69, 9.17) is 5.11 Å². The fraction of sp³-hybridized carbons (Fsp3) is 0.467. The number of hydrogen-bond acceptors (Lipinski definition) is 5. The zero-order valence-electron chi connectivity index (χ0n) is 11.7. The van der Waals surface area contributed by atoms with E-state index in [0.717, 1.165) is 41.1 Å². The molecule has 0 aliphatic carbocycles. The fourth-order valence-corrected chi connectivity index (χ4v) is 3.12. The van der Waals surface area contributed by atoms with Crippen LogP contribution in [0.25, 0.3) is 10.9 Å². The molecule has 0 aliphatic rings. The zero-order valence-corrected chi connectivity index (χ0v) is 12.6. The number of nitrogens with zero attached hydrogens (tertiary/aromatic N) is 2. The van der Waals surface area contributed by atoms with Gasteiger partial charge in [0, 0.05) is 23.8 Å². The molecule has 0 saturated heterocycles. The molecule has 2 rings (SSSR count). The molecule has 1 atom stereocenters. The Bertz CT molecular complexity index is 530. The van der Waals surface area contributed by atoms with Gasteiger partial charge in [0.1, 0.15) is 11.4 Å². The molecule has 2 aromatic rings. The first-order valence-electron chi connectivity index (χ1n) is 7.02. The number of aliphatic hydroxyl groups excluding tert-OH is 1. The van der Waals surface area contributed by atoms with Crippen LogP contribution in [0.15, 0.2) is 35.6 Å². The average Bonchev–Trinajstić information content (AvgIpc) is 2.50. The number of fused-ring (bicyclic) bond motifs is 1. The van der Waals surface area contributed by atoms with Crippen molar-refractivity contribution in [3.63, 3.8) is 0 Å². The van der Waals surface area contributed by atoms with Crippen LogP contribution in [-0.2, 0) is 0 Å². The maximum Gasteiger partial charge on any atom is 0.117 e. The van der Waals surface area contributed by atoms with E-state index in [9.17, 15) is 0 Å². The minimum atomic E-state index is 0.215. The maximum absolute atomic E-state index is 9.13. The SMILES string of the molecule is CCCNC(CCO)CSc1ncnc2ccccc12. The molecule has 5 heteroatoms. The minimum absolute atomic E-state index is 0.215. The second-order valence-electron chi connectivity index (χ2n) is 4.67. The molecule has 0 fully saturated rings. The third-order valence-electron chi connectivity index (χ3n) is 3.09. The predicted octanol–water partition coefficient (Wildman–Crippen LogP) is 2.47. The van der Waals surface area contributed by atoms with E-state index in [1.54, 1.807) is 18.1 Å². The number of thioether (sulfide) groups is 1. The highest BCUT2D eigenvalue weighted by atomic mass is 32.2. The molecule has 0 aliphatic heterocycles. The molecule has 0 radical (unpaired) electrons. The van der Waals surface area contributed by atoms with Crippen molar-refractivity contribution in [1.82, 2.24) is 15.3 Å². The third kappa shape index (κ3) is 4.16. The van der Waals surface area contributed by atoms with Crippen LogP contribution < -0.4 is 5.32 Å². The number of para-hydroxylation sites is 1. The molecule has 0 saturated carbocycles. The van der Waals surface area contributed by atoms with Gasteiger partial charge in [-0.3, -0.25) is 0 Å². The lowest BCUT2D eigenvalue weighted by atomic mass is 10.2. The van der Waals surface area contributed by atoms with Gasteiger partial charge in [-0.15, -0.1) is 11.8 Å². The highest BCUT2D eigenvalue weighted by molar-refractivity contribution is 7.99. The fourth-order valence-electron chi connectivity index (χ4n) is 2.02. The van der Waals surface area contributed by atoms with Gasteiger partial charge in [-0.2, -0.15) is 0 Å². The van der Waals surface area contributed by atoms with Gasteiger partial charge in [0.2, 0.25) is 0 Å². The smallest absolute Gasteiger partial charge is 0.117 e. The lowest BCUT2D eigenvalue weighted by Gasteiger charge is -2.17. The molecule has 4 nitrogen and oxygen atoms in total. The Balaban J connectivity index is 2.03. The summed E-state index contributed by atoms with van der Waals surface area (Å²) in [5.74, 6) is 0.904. The third-order valence-corrected chi connectivity index (χ3v) is 4.26. The molecule has 0 amide bonds. The Labute approximate surface area is 124 Å². The van der Waals surface area contributed by atoms with Gasteiger partial charge in [-0.1, -0.05) is 25.1 Å². The Morgan fingerprint density at radius 3 is 2.95 bits per heavy atom. The normalized spacial score (nSPS) is 12.7. The van der Waals surface area contributed by atoms with Crippen LogP contribution in [0.4, 0.5) is 0 Å². The highest BCUT2D eigenvalue weighted by Crippen LogP contribution is 2.24. The van der Waals surface area contributed by atoms with Crippen LogP contribution in [-0.4, -0.2) is 40.0 Å².